The second-order valence-corrected chi connectivity index (χ2v) is 7.93. The van der Waals surface area contributed by atoms with Crippen LogP contribution in [-0.2, 0) is 6.54 Å². The Morgan fingerprint density at radius 2 is 2.11 bits per heavy atom. The van der Waals surface area contributed by atoms with E-state index in [1.165, 1.54) is 37.9 Å². The third kappa shape index (κ3) is 4.18. The molecule has 8 heteroatoms. The lowest BCUT2D eigenvalue weighted by atomic mass is 10.2. The van der Waals surface area contributed by atoms with Gasteiger partial charge in [-0.3, -0.25) is 20.0 Å². The van der Waals surface area contributed by atoms with Gasteiger partial charge < -0.3 is 15.5 Å². The van der Waals surface area contributed by atoms with Crippen molar-refractivity contribution in [3.8, 4) is 10.8 Å². The first kappa shape index (κ1) is 18.5. The maximum absolute atomic E-state index is 12.2. The van der Waals surface area contributed by atoms with Crippen LogP contribution in [0.15, 0.2) is 41.4 Å². The van der Waals surface area contributed by atoms with Crippen molar-refractivity contribution < 1.29 is 9.53 Å². The molecule has 0 bridgehead atoms. The van der Waals surface area contributed by atoms with Gasteiger partial charge in [-0.15, -0.1) is 11.3 Å². The number of nitrogens with two attached hydrogens (primary N) is 1. The highest BCUT2D eigenvalue weighted by molar-refractivity contribution is 7.13. The zero-order valence-electron chi connectivity index (χ0n) is 15.7. The first-order chi connectivity index (χ1) is 13.6. The lowest BCUT2D eigenvalue weighted by Crippen LogP contribution is -2.36. The molecule has 3 heterocycles. The number of aromatic amines is 1. The Balaban J connectivity index is 1.46. The molecule has 28 heavy (non-hydrogen) atoms. The summed E-state index contributed by atoms with van der Waals surface area (Å²) >= 11 is 1.67. The van der Waals surface area contributed by atoms with E-state index in [2.05, 4.69) is 26.3 Å². The molecule has 0 saturated carbocycles. The molecule has 4 rings (SSSR count). The Hall–Kier alpha value is -2.84. The van der Waals surface area contributed by atoms with E-state index >= 15 is 0 Å². The molecule has 146 valence electrons. The lowest BCUT2D eigenvalue weighted by molar-refractivity contribution is 0.0972. The Bertz CT molecular complexity index is 1020. The summed E-state index contributed by atoms with van der Waals surface area (Å²) in [5, 5.41) is 4.30. The number of benzene rings is 1. The molecule has 0 spiro atoms. The number of nitrogens with zero attached hydrogens (tertiary/aromatic N) is 2. The third-order valence-electron chi connectivity index (χ3n) is 4.75. The predicted molar refractivity (Wildman–Crippen MR) is 112 cm³/mol. The molecular formula is C20H23N5O2S. The first-order valence-electron chi connectivity index (χ1n) is 9.26. The Morgan fingerprint density at radius 3 is 2.89 bits per heavy atom. The average Bonchev–Trinajstić information content (AvgIpc) is 3.43. The number of thiophene rings is 1. The van der Waals surface area contributed by atoms with Crippen LogP contribution in [0.4, 0.5) is 0 Å². The van der Waals surface area contributed by atoms with Gasteiger partial charge in [0.2, 0.25) is 0 Å². The van der Waals surface area contributed by atoms with E-state index in [-0.39, 0.29) is 11.9 Å². The van der Waals surface area contributed by atoms with Crippen molar-refractivity contribution in [2.75, 3.05) is 20.1 Å². The molecule has 0 unspecified atom stereocenters. The third-order valence-corrected chi connectivity index (χ3v) is 5.70. The number of guanidine groups is 1. The zero-order valence-corrected chi connectivity index (χ0v) is 16.5. The van der Waals surface area contributed by atoms with Crippen LogP contribution >= 0.6 is 11.3 Å². The number of hydrogen-bond donors (Lipinski definition) is 3. The van der Waals surface area contributed by atoms with Crippen LogP contribution in [0.3, 0.4) is 0 Å². The van der Waals surface area contributed by atoms with E-state index in [1.807, 2.05) is 24.3 Å². The second kappa shape index (κ2) is 8.04. The van der Waals surface area contributed by atoms with Crippen molar-refractivity contribution in [2.45, 2.75) is 19.4 Å². The maximum Gasteiger partial charge on any atom is 0.274 e. The highest BCUT2D eigenvalue weighted by Gasteiger charge is 2.14. The van der Waals surface area contributed by atoms with Gasteiger partial charge in [0.15, 0.2) is 11.0 Å². The van der Waals surface area contributed by atoms with Gasteiger partial charge in [-0.05, 0) is 56.3 Å². The number of amides is 1. The van der Waals surface area contributed by atoms with E-state index < -0.39 is 0 Å². The van der Waals surface area contributed by atoms with Crippen LogP contribution < -0.4 is 15.8 Å². The number of likely N-dealkylation sites (tertiary alicyclic amines) is 1. The topological polar surface area (TPSA) is 95.7 Å². The Morgan fingerprint density at radius 1 is 1.29 bits per heavy atom. The van der Waals surface area contributed by atoms with Crippen molar-refractivity contribution in [3.63, 3.8) is 0 Å². The zero-order chi connectivity index (χ0) is 19.5. The monoisotopic (exact) mass is 397 g/mol. The van der Waals surface area contributed by atoms with Crippen molar-refractivity contribution >= 4 is 34.1 Å². The number of fused-ring (bicyclic) bond motifs is 1. The Labute approximate surface area is 167 Å². The minimum atomic E-state index is -0.327. The molecule has 2 aromatic heterocycles. The molecule has 1 aromatic carbocycles. The molecule has 1 aliphatic heterocycles. The number of carbonyl (C=O) groups excluding carboxylic acids is 1. The minimum Gasteiger partial charge on any atom is -0.447 e. The fourth-order valence-electron chi connectivity index (χ4n) is 3.31. The number of rotatable bonds is 5. The predicted octanol–water partition coefficient (Wildman–Crippen LogP) is 3.29. The van der Waals surface area contributed by atoms with Crippen molar-refractivity contribution in [1.82, 2.24) is 15.2 Å². The maximum atomic E-state index is 12.2. The van der Waals surface area contributed by atoms with Gasteiger partial charge in [0.05, 0.1) is 0 Å². The summed E-state index contributed by atoms with van der Waals surface area (Å²) in [7, 11) is 1.52. The number of hydrogen-bond acceptors (Lipinski definition) is 5. The number of carbonyl (C=O) groups is 1. The SMILES string of the molecule is CN=C(N)NC(=O)c1cc2ccc(Oc3ccc(CN4CCCC4)s3)cc2[nH]1. The molecule has 0 radical (unpaired) electrons. The molecule has 1 amide bonds. The van der Waals surface area contributed by atoms with Crippen LogP contribution in [0.1, 0.15) is 28.2 Å². The molecule has 0 atom stereocenters. The number of H-pyrrole nitrogens is 1. The summed E-state index contributed by atoms with van der Waals surface area (Å²) in [6.07, 6.45) is 2.59. The standard InChI is InChI=1S/C20H23N5O2S/c1-22-20(21)24-19(26)17-10-13-4-5-14(11-16(13)23-17)27-18-7-6-15(28-18)12-25-8-2-3-9-25/h4-7,10-11,23H,2-3,8-9,12H2,1H3,(H3,21,22,24,26). The Kier molecular flexibility index (Phi) is 5.31. The molecule has 0 aliphatic carbocycles. The highest BCUT2D eigenvalue weighted by Crippen LogP contribution is 2.32. The van der Waals surface area contributed by atoms with E-state index in [4.69, 9.17) is 10.5 Å². The molecule has 7 nitrogen and oxygen atoms in total. The number of nitrogens with one attached hydrogen (secondary N) is 2. The van der Waals surface area contributed by atoms with Crippen molar-refractivity contribution in [1.29, 1.82) is 0 Å². The molecular weight excluding hydrogens is 374 g/mol. The molecule has 1 aliphatic rings. The molecule has 1 saturated heterocycles. The molecule has 4 N–H and O–H groups in total. The van der Waals surface area contributed by atoms with Gasteiger partial charge in [0.25, 0.3) is 5.91 Å². The summed E-state index contributed by atoms with van der Waals surface area (Å²) in [5.41, 5.74) is 6.79. The van der Waals surface area contributed by atoms with Crippen molar-refractivity contribution in [2.24, 2.45) is 10.7 Å². The van der Waals surface area contributed by atoms with Gasteiger partial charge in [-0.2, -0.15) is 0 Å². The van der Waals surface area contributed by atoms with Crippen LogP contribution in [-0.4, -0.2) is 41.9 Å². The van der Waals surface area contributed by atoms with E-state index in [9.17, 15) is 4.79 Å². The quantitative estimate of drug-likeness (QED) is 0.455. The number of aliphatic imine (C=N–C) groups is 1. The van der Waals surface area contributed by atoms with Crippen LogP contribution in [0.25, 0.3) is 10.9 Å². The van der Waals surface area contributed by atoms with Crippen LogP contribution in [0, 0.1) is 0 Å². The van der Waals surface area contributed by atoms with E-state index in [0.29, 0.717) is 5.69 Å². The van der Waals surface area contributed by atoms with Crippen molar-refractivity contribution in [3.05, 3.63) is 47.0 Å². The fourth-order valence-corrected chi connectivity index (χ4v) is 4.22. The van der Waals surface area contributed by atoms with Crippen LogP contribution in [0.5, 0.6) is 10.8 Å². The van der Waals surface area contributed by atoms with E-state index in [0.717, 1.165) is 28.3 Å². The van der Waals surface area contributed by atoms with Gasteiger partial charge in [0, 0.05) is 35.4 Å². The summed E-state index contributed by atoms with van der Waals surface area (Å²) in [4.78, 5) is 22.8. The first-order valence-corrected chi connectivity index (χ1v) is 10.1. The van der Waals surface area contributed by atoms with Gasteiger partial charge >= 0.3 is 0 Å². The largest absolute Gasteiger partial charge is 0.447 e. The summed E-state index contributed by atoms with van der Waals surface area (Å²) in [6, 6.07) is 11.6. The van der Waals surface area contributed by atoms with Gasteiger partial charge in [-0.25, -0.2) is 0 Å². The fraction of sp³-hybridized carbons (Fsp3) is 0.300. The van der Waals surface area contributed by atoms with Crippen LogP contribution in [0.2, 0.25) is 0 Å². The lowest BCUT2D eigenvalue weighted by Gasteiger charge is -2.12. The van der Waals surface area contributed by atoms with E-state index in [1.54, 1.807) is 17.4 Å². The minimum absolute atomic E-state index is 0.0788. The number of aromatic nitrogens is 1. The van der Waals surface area contributed by atoms with Gasteiger partial charge in [-0.1, -0.05) is 0 Å². The summed E-state index contributed by atoms with van der Waals surface area (Å²) in [5.74, 6) is 0.479. The second-order valence-electron chi connectivity index (χ2n) is 6.80. The molecule has 3 aromatic rings. The summed E-state index contributed by atoms with van der Waals surface area (Å²) in [6.45, 7) is 3.36. The normalized spacial score (nSPS) is 15.2. The average molecular weight is 398 g/mol. The van der Waals surface area contributed by atoms with Gasteiger partial charge in [0.1, 0.15) is 11.4 Å². The highest BCUT2D eigenvalue weighted by atomic mass is 32.1. The molecule has 1 fully saturated rings. The summed E-state index contributed by atoms with van der Waals surface area (Å²) < 4.78 is 6.02. The number of ether oxygens (including phenoxy) is 1. The smallest absolute Gasteiger partial charge is 0.274 e.